The SMILES string of the molecule is NS(=O)(=O)c1ccc(Nc2c3ccccc3nc3c(C(=O)N4CCN(CCO)CC4)ccc(Cl)c23)cc1. The van der Waals surface area contributed by atoms with Gasteiger partial charge in [0.15, 0.2) is 0 Å². The van der Waals surface area contributed by atoms with E-state index >= 15 is 0 Å². The van der Waals surface area contributed by atoms with E-state index in [-0.39, 0.29) is 17.4 Å². The number of nitrogens with one attached hydrogen (secondary N) is 1. The Morgan fingerprint density at radius 2 is 1.73 bits per heavy atom. The summed E-state index contributed by atoms with van der Waals surface area (Å²) in [7, 11) is -3.82. The minimum atomic E-state index is -3.82. The van der Waals surface area contributed by atoms with Gasteiger partial charge >= 0.3 is 0 Å². The summed E-state index contributed by atoms with van der Waals surface area (Å²) in [5, 5.41) is 19.6. The Balaban J connectivity index is 1.60. The van der Waals surface area contributed by atoms with Gasteiger partial charge in [-0.25, -0.2) is 18.5 Å². The molecular weight excluding hydrogens is 514 g/mol. The molecule has 2 heterocycles. The number of sulfonamides is 1. The number of nitrogens with two attached hydrogens (primary N) is 1. The molecule has 11 heteroatoms. The van der Waals surface area contributed by atoms with E-state index in [1.54, 1.807) is 29.2 Å². The van der Waals surface area contributed by atoms with E-state index < -0.39 is 10.0 Å². The van der Waals surface area contributed by atoms with Gasteiger partial charge in [-0.2, -0.15) is 0 Å². The van der Waals surface area contributed by atoms with Crippen molar-refractivity contribution in [2.24, 2.45) is 5.14 Å². The Kier molecular flexibility index (Phi) is 7.02. The lowest BCUT2D eigenvalue weighted by atomic mass is 10.0. The summed E-state index contributed by atoms with van der Waals surface area (Å²) in [5.41, 5.74) is 2.91. The van der Waals surface area contributed by atoms with Crippen LogP contribution in [0.5, 0.6) is 0 Å². The van der Waals surface area contributed by atoms with Crippen molar-refractivity contribution in [1.82, 2.24) is 14.8 Å². The summed E-state index contributed by atoms with van der Waals surface area (Å²) in [5.74, 6) is -0.128. The van der Waals surface area contributed by atoms with Crippen LogP contribution < -0.4 is 10.5 Å². The molecule has 37 heavy (non-hydrogen) atoms. The van der Waals surface area contributed by atoms with E-state index in [0.717, 1.165) is 5.39 Å². The van der Waals surface area contributed by atoms with Crippen LogP contribution in [0, 0.1) is 0 Å². The van der Waals surface area contributed by atoms with Crippen LogP contribution >= 0.6 is 11.6 Å². The number of hydrogen-bond acceptors (Lipinski definition) is 7. The van der Waals surface area contributed by atoms with E-state index in [2.05, 4.69) is 10.2 Å². The van der Waals surface area contributed by atoms with Crippen LogP contribution in [0.15, 0.2) is 65.6 Å². The highest BCUT2D eigenvalue weighted by molar-refractivity contribution is 7.89. The zero-order chi connectivity index (χ0) is 26.2. The molecule has 1 aromatic heterocycles. The fraction of sp³-hybridized carbons (Fsp3) is 0.231. The molecule has 0 radical (unpaired) electrons. The number of fused-ring (bicyclic) bond motifs is 2. The molecule has 5 rings (SSSR count). The number of anilines is 2. The average Bonchev–Trinajstić information content (AvgIpc) is 2.89. The number of nitrogens with zero attached hydrogens (tertiary/aromatic N) is 3. The van der Waals surface area contributed by atoms with Crippen LogP contribution in [0.1, 0.15) is 10.4 Å². The Morgan fingerprint density at radius 1 is 1.03 bits per heavy atom. The summed E-state index contributed by atoms with van der Waals surface area (Å²) < 4.78 is 23.3. The number of piperazine rings is 1. The zero-order valence-electron chi connectivity index (χ0n) is 19.9. The number of hydrogen-bond donors (Lipinski definition) is 3. The predicted molar refractivity (Wildman–Crippen MR) is 145 cm³/mol. The first-order chi connectivity index (χ1) is 17.8. The predicted octanol–water partition coefficient (Wildman–Crippen LogP) is 3.18. The third-order valence-electron chi connectivity index (χ3n) is 6.54. The van der Waals surface area contributed by atoms with E-state index in [1.807, 2.05) is 24.3 Å². The maximum Gasteiger partial charge on any atom is 0.256 e. The van der Waals surface area contributed by atoms with E-state index in [4.69, 9.17) is 21.7 Å². The lowest BCUT2D eigenvalue weighted by molar-refractivity contribution is 0.0616. The second kappa shape index (κ2) is 10.2. The number of aromatic nitrogens is 1. The number of benzene rings is 3. The van der Waals surface area contributed by atoms with Crippen molar-refractivity contribution in [1.29, 1.82) is 0 Å². The second-order valence-corrected chi connectivity index (χ2v) is 10.8. The van der Waals surface area contributed by atoms with Crippen LogP contribution in [-0.4, -0.2) is 73.5 Å². The van der Waals surface area contributed by atoms with Gasteiger partial charge in [-0.15, -0.1) is 0 Å². The van der Waals surface area contributed by atoms with Crippen molar-refractivity contribution in [3.63, 3.8) is 0 Å². The molecule has 1 amide bonds. The van der Waals surface area contributed by atoms with Crippen LogP contribution in [0.3, 0.4) is 0 Å². The first kappa shape index (κ1) is 25.4. The molecule has 1 saturated heterocycles. The maximum absolute atomic E-state index is 13.6. The smallest absolute Gasteiger partial charge is 0.256 e. The fourth-order valence-electron chi connectivity index (χ4n) is 4.62. The van der Waals surface area contributed by atoms with Gasteiger partial charge < -0.3 is 15.3 Å². The largest absolute Gasteiger partial charge is 0.395 e. The van der Waals surface area contributed by atoms with Crippen molar-refractivity contribution in [3.8, 4) is 0 Å². The maximum atomic E-state index is 13.6. The zero-order valence-corrected chi connectivity index (χ0v) is 21.5. The van der Waals surface area contributed by atoms with Gasteiger partial charge in [-0.1, -0.05) is 29.8 Å². The molecule has 1 aliphatic rings. The molecule has 192 valence electrons. The lowest BCUT2D eigenvalue weighted by Crippen LogP contribution is -2.49. The number of primary sulfonamides is 1. The molecule has 0 atom stereocenters. The molecule has 1 aliphatic heterocycles. The Bertz CT molecular complexity index is 1590. The minimum Gasteiger partial charge on any atom is -0.395 e. The molecule has 4 N–H and O–H groups in total. The summed E-state index contributed by atoms with van der Waals surface area (Å²) in [4.78, 5) is 22.4. The first-order valence-electron chi connectivity index (χ1n) is 11.8. The molecule has 0 saturated carbocycles. The number of carbonyl (C=O) groups excluding carboxylic acids is 1. The molecular formula is C26H26ClN5O4S. The first-order valence-corrected chi connectivity index (χ1v) is 13.7. The number of β-amino-alcohol motifs (C(OH)–C–C–N with tert-alkyl or cyclic N) is 1. The number of aliphatic hydroxyl groups excluding tert-OH is 1. The molecule has 0 unspecified atom stereocenters. The molecule has 0 spiro atoms. The quantitative estimate of drug-likeness (QED) is 0.321. The lowest BCUT2D eigenvalue weighted by Gasteiger charge is -2.34. The monoisotopic (exact) mass is 539 g/mol. The minimum absolute atomic E-state index is 0.00694. The number of carbonyl (C=O) groups is 1. The highest BCUT2D eigenvalue weighted by atomic mass is 35.5. The standard InChI is InChI=1S/C26H26ClN5O4S/c27-21-10-9-20(26(34)32-13-11-31(12-14-32)15-16-33)25-23(21)24(19-3-1-2-4-22(19)30-25)29-17-5-7-18(8-6-17)37(28,35)36/h1-10,33H,11-16H2,(H,29,30)(H2,28,35,36). The molecule has 0 aliphatic carbocycles. The van der Waals surface area contributed by atoms with Gasteiger partial charge in [0, 0.05) is 49.2 Å². The fourth-order valence-corrected chi connectivity index (χ4v) is 5.38. The summed E-state index contributed by atoms with van der Waals surface area (Å²) in [6.45, 7) is 3.17. The molecule has 4 aromatic rings. The Morgan fingerprint density at radius 3 is 2.41 bits per heavy atom. The molecule has 9 nitrogen and oxygen atoms in total. The normalized spacial score (nSPS) is 14.8. The second-order valence-electron chi connectivity index (χ2n) is 8.87. The Hall–Kier alpha value is -3.28. The van der Waals surface area contributed by atoms with Crippen molar-refractivity contribution < 1.29 is 18.3 Å². The molecule has 1 fully saturated rings. The van der Waals surface area contributed by atoms with E-state index in [1.165, 1.54) is 12.1 Å². The molecule has 0 bridgehead atoms. The average molecular weight is 540 g/mol. The number of para-hydroxylation sites is 1. The molecule has 3 aromatic carbocycles. The Labute approximate surface area is 219 Å². The van der Waals surface area contributed by atoms with Gasteiger partial charge in [0.05, 0.1) is 38.8 Å². The van der Waals surface area contributed by atoms with Crippen LogP contribution in [0.25, 0.3) is 21.8 Å². The number of amides is 1. The highest BCUT2D eigenvalue weighted by Crippen LogP contribution is 2.39. The highest BCUT2D eigenvalue weighted by Gasteiger charge is 2.25. The van der Waals surface area contributed by atoms with Gasteiger partial charge in [-0.05, 0) is 42.5 Å². The topological polar surface area (TPSA) is 129 Å². The van der Waals surface area contributed by atoms with Gasteiger partial charge in [0.25, 0.3) is 5.91 Å². The summed E-state index contributed by atoms with van der Waals surface area (Å²) in [6, 6.07) is 17.0. The summed E-state index contributed by atoms with van der Waals surface area (Å²) >= 11 is 6.70. The van der Waals surface area contributed by atoms with Gasteiger partial charge in [0.1, 0.15) is 0 Å². The van der Waals surface area contributed by atoms with E-state index in [9.17, 15) is 18.3 Å². The van der Waals surface area contributed by atoms with Crippen molar-refractivity contribution in [2.45, 2.75) is 4.90 Å². The number of rotatable bonds is 6. The van der Waals surface area contributed by atoms with Crippen molar-refractivity contribution in [2.75, 3.05) is 44.6 Å². The van der Waals surface area contributed by atoms with Crippen LogP contribution in [0.4, 0.5) is 11.4 Å². The third kappa shape index (κ3) is 5.11. The summed E-state index contributed by atoms with van der Waals surface area (Å²) in [6.07, 6.45) is 0. The van der Waals surface area contributed by atoms with Crippen LogP contribution in [-0.2, 0) is 10.0 Å². The van der Waals surface area contributed by atoms with Gasteiger partial charge in [-0.3, -0.25) is 9.69 Å². The van der Waals surface area contributed by atoms with Crippen LogP contribution in [0.2, 0.25) is 5.02 Å². The number of halogens is 1. The van der Waals surface area contributed by atoms with Crippen molar-refractivity contribution >= 4 is 60.7 Å². The number of aliphatic hydroxyl groups is 1. The van der Waals surface area contributed by atoms with Crippen molar-refractivity contribution in [3.05, 3.63) is 71.2 Å². The number of pyridine rings is 1. The third-order valence-corrected chi connectivity index (χ3v) is 7.79. The van der Waals surface area contributed by atoms with E-state index in [0.29, 0.717) is 71.1 Å². The van der Waals surface area contributed by atoms with Gasteiger partial charge in [0.2, 0.25) is 10.0 Å².